The number of amides is 2. The Morgan fingerprint density at radius 3 is 2.41 bits per heavy atom. The number of halogens is 5. The van der Waals surface area contributed by atoms with Gasteiger partial charge in [-0.2, -0.15) is 13.2 Å². The molecule has 0 heterocycles. The maximum atomic E-state index is 13.5. The Balaban J connectivity index is 1.98. The van der Waals surface area contributed by atoms with E-state index in [9.17, 15) is 31.5 Å². The van der Waals surface area contributed by atoms with Gasteiger partial charge in [0.25, 0.3) is 5.91 Å². The molecule has 5 nitrogen and oxygen atoms in total. The van der Waals surface area contributed by atoms with Gasteiger partial charge in [-0.1, -0.05) is 0 Å². The monoisotopic (exact) mass is 416 g/mol. The van der Waals surface area contributed by atoms with Gasteiger partial charge >= 0.3 is 6.18 Å². The number of hydrogen-bond acceptors (Lipinski definition) is 3. The van der Waals surface area contributed by atoms with Crippen molar-refractivity contribution >= 4 is 17.5 Å². The van der Waals surface area contributed by atoms with E-state index < -0.39 is 40.8 Å². The molecule has 0 aliphatic rings. The number of alkyl halides is 3. The number of carbonyl (C=O) groups excluding carboxylic acids is 2. The lowest BCUT2D eigenvalue weighted by Crippen LogP contribution is -2.28. The van der Waals surface area contributed by atoms with Gasteiger partial charge in [-0.05, 0) is 37.3 Å². The summed E-state index contributed by atoms with van der Waals surface area (Å²) < 4.78 is 70.2. The van der Waals surface area contributed by atoms with Crippen LogP contribution in [0.1, 0.15) is 29.3 Å². The molecular formula is C19H17F5N2O3. The highest BCUT2D eigenvalue weighted by Gasteiger charge is 2.31. The average molecular weight is 416 g/mol. The first-order valence-corrected chi connectivity index (χ1v) is 8.49. The largest absolute Gasteiger partial charge is 0.492 e. The first kappa shape index (κ1) is 22.1. The van der Waals surface area contributed by atoms with E-state index in [2.05, 4.69) is 10.6 Å². The Hall–Kier alpha value is -3.17. The van der Waals surface area contributed by atoms with Crippen molar-refractivity contribution in [3.8, 4) is 5.75 Å². The molecule has 0 bridgehead atoms. The number of hydrogen-bond donors (Lipinski definition) is 2. The zero-order chi connectivity index (χ0) is 21.6. The van der Waals surface area contributed by atoms with Crippen LogP contribution in [0.2, 0.25) is 0 Å². The fraction of sp³-hybridized carbons (Fsp3) is 0.263. The third-order valence-electron chi connectivity index (χ3n) is 3.69. The van der Waals surface area contributed by atoms with Crippen LogP contribution < -0.4 is 15.4 Å². The van der Waals surface area contributed by atoms with Crippen LogP contribution in [0.4, 0.5) is 27.6 Å². The molecule has 0 radical (unpaired) electrons. The summed E-state index contributed by atoms with van der Waals surface area (Å²) in [6, 6.07) is 5.09. The fourth-order valence-corrected chi connectivity index (χ4v) is 2.36. The summed E-state index contributed by atoms with van der Waals surface area (Å²) in [6.07, 6.45) is -4.90. The first-order valence-electron chi connectivity index (χ1n) is 8.49. The Morgan fingerprint density at radius 1 is 1.07 bits per heavy atom. The van der Waals surface area contributed by atoms with Crippen molar-refractivity contribution in [2.45, 2.75) is 19.5 Å². The molecule has 2 amide bonds. The molecule has 0 atom stereocenters. The maximum absolute atomic E-state index is 13.5. The summed E-state index contributed by atoms with van der Waals surface area (Å²) in [7, 11) is 0. The molecule has 0 saturated heterocycles. The van der Waals surface area contributed by atoms with Crippen molar-refractivity contribution in [2.24, 2.45) is 0 Å². The van der Waals surface area contributed by atoms with E-state index in [1.807, 2.05) is 0 Å². The van der Waals surface area contributed by atoms with Crippen molar-refractivity contribution in [2.75, 3.05) is 18.5 Å². The smallest absolute Gasteiger partial charge is 0.416 e. The lowest BCUT2D eigenvalue weighted by atomic mass is 10.1. The molecule has 0 aliphatic heterocycles. The van der Waals surface area contributed by atoms with Crippen LogP contribution >= 0.6 is 0 Å². The summed E-state index contributed by atoms with van der Waals surface area (Å²) in [4.78, 5) is 23.9. The highest BCUT2D eigenvalue weighted by Crippen LogP contribution is 2.35. The molecule has 29 heavy (non-hydrogen) atoms. The minimum Gasteiger partial charge on any atom is -0.492 e. The Bertz CT molecular complexity index is 900. The van der Waals surface area contributed by atoms with Gasteiger partial charge in [-0.3, -0.25) is 9.59 Å². The SMILES string of the molecule is CCOc1ccc(C(F)(F)F)cc1NC(=O)CCNC(=O)c1ccc(F)cc1F. The molecule has 2 aromatic carbocycles. The molecule has 0 saturated carbocycles. The number of carbonyl (C=O) groups is 2. The van der Waals surface area contributed by atoms with Crippen LogP contribution in [0, 0.1) is 11.6 Å². The second-order valence-corrected chi connectivity index (χ2v) is 5.82. The van der Waals surface area contributed by atoms with Gasteiger partial charge in [0.05, 0.1) is 23.4 Å². The number of ether oxygens (including phenoxy) is 1. The highest BCUT2D eigenvalue weighted by molar-refractivity contribution is 5.95. The van der Waals surface area contributed by atoms with Gasteiger partial charge in [0, 0.05) is 19.0 Å². The summed E-state index contributed by atoms with van der Waals surface area (Å²) >= 11 is 0. The van der Waals surface area contributed by atoms with Gasteiger partial charge in [0.2, 0.25) is 5.91 Å². The van der Waals surface area contributed by atoms with E-state index in [0.29, 0.717) is 6.07 Å². The topological polar surface area (TPSA) is 67.4 Å². The van der Waals surface area contributed by atoms with Gasteiger partial charge in [-0.15, -0.1) is 0 Å². The zero-order valence-electron chi connectivity index (χ0n) is 15.2. The number of rotatable bonds is 7. The van der Waals surface area contributed by atoms with E-state index in [0.717, 1.165) is 30.3 Å². The minimum atomic E-state index is -4.60. The highest BCUT2D eigenvalue weighted by atomic mass is 19.4. The average Bonchev–Trinajstić information content (AvgIpc) is 2.62. The minimum absolute atomic E-state index is 0.0614. The zero-order valence-corrected chi connectivity index (χ0v) is 15.2. The molecule has 156 valence electrons. The van der Waals surface area contributed by atoms with Gasteiger partial charge in [0.15, 0.2) is 0 Å². The number of benzene rings is 2. The van der Waals surface area contributed by atoms with Gasteiger partial charge < -0.3 is 15.4 Å². The Labute approximate surface area is 162 Å². The second-order valence-electron chi connectivity index (χ2n) is 5.82. The van der Waals surface area contributed by atoms with Crippen LogP contribution in [-0.2, 0) is 11.0 Å². The number of nitrogens with one attached hydrogen (secondary N) is 2. The van der Waals surface area contributed by atoms with Crippen LogP contribution in [0.5, 0.6) is 5.75 Å². The third-order valence-corrected chi connectivity index (χ3v) is 3.69. The third kappa shape index (κ3) is 6.16. The number of anilines is 1. The second kappa shape index (κ2) is 9.35. The summed E-state index contributed by atoms with van der Waals surface area (Å²) in [5.74, 6) is -3.39. The normalized spacial score (nSPS) is 11.1. The van der Waals surface area contributed by atoms with Crippen molar-refractivity contribution in [3.05, 3.63) is 59.2 Å². The van der Waals surface area contributed by atoms with Gasteiger partial charge in [-0.25, -0.2) is 8.78 Å². The first-order chi connectivity index (χ1) is 13.6. The van der Waals surface area contributed by atoms with E-state index >= 15 is 0 Å². The van der Waals surface area contributed by atoms with Crippen molar-refractivity contribution in [3.63, 3.8) is 0 Å². The molecule has 0 aromatic heterocycles. The quantitative estimate of drug-likeness (QED) is 0.667. The molecule has 0 aliphatic carbocycles. The van der Waals surface area contributed by atoms with E-state index in [1.54, 1.807) is 6.92 Å². The lowest BCUT2D eigenvalue weighted by Gasteiger charge is -2.15. The van der Waals surface area contributed by atoms with E-state index in [4.69, 9.17) is 4.74 Å². The summed E-state index contributed by atoms with van der Waals surface area (Å²) in [6.45, 7) is 1.59. The standard InChI is InChI=1S/C19H17F5N2O3/c1-2-29-16-6-3-11(19(22,23)24)9-15(16)26-17(27)7-8-25-18(28)13-5-4-12(20)10-14(13)21/h3-6,9-10H,2,7-8H2,1H3,(H,25,28)(H,26,27). The van der Waals surface area contributed by atoms with Crippen LogP contribution in [0.25, 0.3) is 0 Å². The van der Waals surface area contributed by atoms with Crippen molar-refractivity contribution in [1.29, 1.82) is 0 Å². The predicted molar refractivity (Wildman–Crippen MR) is 94.6 cm³/mol. The molecule has 0 spiro atoms. The molecule has 0 unspecified atom stereocenters. The Morgan fingerprint density at radius 2 is 1.79 bits per heavy atom. The lowest BCUT2D eigenvalue weighted by molar-refractivity contribution is -0.137. The molecule has 2 N–H and O–H groups in total. The Kier molecular flexibility index (Phi) is 7.13. The summed E-state index contributed by atoms with van der Waals surface area (Å²) in [5.41, 5.74) is -1.53. The molecule has 2 rings (SSSR count). The maximum Gasteiger partial charge on any atom is 0.416 e. The molecule has 0 fully saturated rings. The molecule has 2 aromatic rings. The summed E-state index contributed by atoms with van der Waals surface area (Å²) in [5, 5.41) is 4.58. The predicted octanol–water partition coefficient (Wildman–Crippen LogP) is 4.14. The van der Waals surface area contributed by atoms with Crippen molar-refractivity contribution < 1.29 is 36.3 Å². The molecule has 10 heteroatoms. The van der Waals surface area contributed by atoms with E-state index in [-0.39, 0.29) is 31.0 Å². The van der Waals surface area contributed by atoms with Crippen LogP contribution in [0.15, 0.2) is 36.4 Å². The van der Waals surface area contributed by atoms with Crippen molar-refractivity contribution in [1.82, 2.24) is 5.32 Å². The van der Waals surface area contributed by atoms with Crippen LogP contribution in [-0.4, -0.2) is 25.0 Å². The van der Waals surface area contributed by atoms with Gasteiger partial charge in [0.1, 0.15) is 17.4 Å². The van der Waals surface area contributed by atoms with Crippen LogP contribution in [0.3, 0.4) is 0 Å². The van der Waals surface area contributed by atoms with E-state index in [1.165, 1.54) is 0 Å². The molecular weight excluding hydrogens is 399 g/mol. The fourth-order valence-electron chi connectivity index (χ4n) is 2.36.